The summed E-state index contributed by atoms with van der Waals surface area (Å²) in [6, 6.07) is 12.2. The molecule has 0 atom stereocenters. The van der Waals surface area contributed by atoms with E-state index in [0.717, 1.165) is 5.56 Å². The molecule has 0 radical (unpaired) electrons. The quantitative estimate of drug-likeness (QED) is 0.845. The van der Waals surface area contributed by atoms with Crippen LogP contribution in [0.1, 0.15) is 15.9 Å². The highest BCUT2D eigenvalue weighted by Gasteiger charge is 2.30. The molecule has 0 aliphatic carbocycles. The summed E-state index contributed by atoms with van der Waals surface area (Å²) in [5.41, 5.74) is 1.74. The molecule has 0 fully saturated rings. The van der Waals surface area contributed by atoms with Crippen LogP contribution in [0.5, 0.6) is 5.75 Å². The van der Waals surface area contributed by atoms with Crippen molar-refractivity contribution in [1.82, 2.24) is 0 Å². The number of hydrogen-bond acceptors (Lipinski definition) is 4. The molecule has 0 aromatic heterocycles. The number of halogens is 3. The first-order valence-electron chi connectivity index (χ1n) is 6.65. The van der Waals surface area contributed by atoms with Gasteiger partial charge in [-0.25, -0.2) is 4.79 Å². The molecular formula is C16H14F3NO3. The van der Waals surface area contributed by atoms with E-state index in [4.69, 9.17) is 4.74 Å². The predicted octanol–water partition coefficient (Wildman–Crippen LogP) is 3.98. The molecule has 0 heterocycles. The van der Waals surface area contributed by atoms with E-state index in [9.17, 15) is 18.0 Å². The Labute approximate surface area is 130 Å². The van der Waals surface area contributed by atoms with Gasteiger partial charge in [-0.2, -0.15) is 0 Å². The van der Waals surface area contributed by atoms with Crippen LogP contribution < -0.4 is 10.1 Å². The number of nitrogens with one attached hydrogen (secondary N) is 1. The molecule has 0 aliphatic heterocycles. The van der Waals surface area contributed by atoms with Crippen molar-refractivity contribution in [1.29, 1.82) is 0 Å². The fourth-order valence-corrected chi connectivity index (χ4v) is 1.96. The highest BCUT2D eigenvalue weighted by Crippen LogP contribution is 2.24. The maximum atomic E-state index is 12.1. The van der Waals surface area contributed by atoms with Gasteiger partial charge >= 0.3 is 12.3 Å². The standard InChI is InChI=1S/C16H14F3NO3/c1-22-15(21)14-5-3-2-4-11(14)10-20-12-6-8-13(9-7-12)23-16(17,18)19/h2-9,20H,10H2,1H3. The minimum atomic E-state index is -4.71. The van der Waals surface area contributed by atoms with E-state index < -0.39 is 12.3 Å². The zero-order valence-electron chi connectivity index (χ0n) is 12.2. The Morgan fingerprint density at radius 3 is 2.35 bits per heavy atom. The predicted molar refractivity (Wildman–Crippen MR) is 78.2 cm³/mol. The molecule has 2 rings (SSSR count). The molecule has 2 aromatic carbocycles. The molecule has 1 N–H and O–H groups in total. The van der Waals surface area contributed by atoms with E-state index in [1.165, 1.54) is 31.4 Å². The molecule has 0 amide bonds. The maximum absolute atomic E-state index is 12.1. The molecule has 0 spiro atoms. The van der Waals surface area contributed by atoms with Gasteiger partial charge in [0, 0.05) is 12.2 Å². The molecular weight excluding hydrogens is 311 g/mol. The van der Waals surface area contributed by atoms with Crippen molar-refractivity contribution < 1.29 is 27.4 Å². The third-order valence-corrected chi connectivity index (χ3v) is 2.99. The highest BCUT2D eigenvalue weighted by atomic mass is 19.4. The molecule has 0 unspecified atom stereocenters. The zero-order chi connectivity index (χ0) is 16.9. The molecule has 0 bridgehead atoms. The van der Waals surface area contributed by atoms with E-state index in [0.29, 0.717) is 17.8 Å². The van der Waals surface area contributed by atoms with Gasteiger partial charge in [0.2, 0.25) is 0 Å². The number of hydrogen-bond donors (Lipinski definition) is 1. The summed E-state index contributed by atoms with van der Waals surface area (Å²) in [4.78, 5) is 11.7. The van der Waals surface area contributed by atoms with Gasteiger partial charge < -0.3 is 14.8 Å². The topological polar surface area (TPSA) is 47.6 Å². The first-order chi connectivity index (χ1) is 10.9. The Bertz CT molecular complexity index is 669. The lowest BCUT2D eigenvalue weighted by atomic mass is 10.1. The lowest BCUT2D eigenvalue weighted by Crippen LogP contribution is -2.17. The minimum absolute atomic E-state index is 0.294. The number of rotatable bonds is 5. The van der Waals surface area contributed by atoms with Crippen molar-refractivity contribution in [2.45, 2.75) is 12.9 Å². The van der Waals surface area contributed by atoms with Crippen LogP contribution in [0.15, 0.2) is 48.5 Å². The monoisotopic (exact) mass is 325 g/mol. The van der Waals surface area contributed by atoms with Crippen molar-refractivity contribution in [3.05, 3.63) is 59.7 Å². The summed E-state index contributed by atoms with van der Waals surface area (Å²) >= 11 is 0. The smallest absolute Gasteiger partial charge is 0.465 e. The second-order valence-corrected chi connectivity index (χ2v) is 4.57. The number of anilines is 1. The molecule has 0 saturated heterocycles. The second kappa shape index (κ2) is 7.04. The minimum Gasteiger partial charge on any atom is -0.465 e. The normalized spacial score (nSPS) is 11.0. The molecule has 4 nitrogen and oxygen atoms in total. The lowest BCUT2D eigenvalue weighted by molar-refractivity contribution is -0.274. The lowest BCUT2D eigenvalue weighted by Gasteiger charge is -2.12. The number of carbonyl (C=O) groups excluding carboxylic acids is 1. The zero-order valence-corrected chi connectivity index (χ0v) is 12.2. The third kappa shape index (κ3) is 4.91. The van der Waals surface area contributed by atoms with Crippen LogP contribution in [-0.4, -0.2) is 19.4 Å². The fraction of sp³-hybridized carbons (Fsp3) is 0.188. The molecule has 0 aliphatic rings. The third-order valence-electron chi connectivity index (χ3n) is 2.99. The Hall–Kier alpha value is -2.70. The van der Waals surface area contributed by atoms with Crippen LogP contribution in [0, 0.1) is 0 Å². The SMILES string of the molecule is COC(=O)c1ccccc1CNc1ccc(OC(F)(F)F)cc1. The van der Waals surface area contributed by atoms with Crippen LogP contribution in [0.4, 0.5) is 18.9 Å². The van der Waals surface area contributed by atoms with Gasteiger partial charge in [0.05, 0.1) is 12.7 Å². The van der Waals surface area contributed by atoms with Gasteiger partial charge in [-0.05, 0) is 35.9 Å². The Morgan fingerprint density at radius 1 is 1.09 bits per heavy atom. The number of methoxy groups -OCH3 is 1. The first-order valence-corrected chi connectivity index (χ1v) is 6.65. The maximum Gasteiger partial charge on any atom is 0.573 e. The number of carbonyl (C=O) groups is 1. The molecule has 7 heteroatoms. The van der Waals surface area contributed by atoms with Gasteiger partial charge in [-0.1, -0.05) is 18.2 Å². The van der Waals surface area contributed by atoms with Crippen molar-refractivity contribution in [2.24, 2.45) is 0 Å². The Morgan fingerprint density at radius 2 is 1.74 bits per heavy atom. The second-order valence-electron chi connectivity index (χ2n) is 4.57. The van der Waals surface area contributed by atoms with Gasteiger partial charge in [-0.15, -0.1) is 13.2 Å². The van der Waals surface area contributed by atoms with Gasteiger partial charge in [0.25, 0.3) is 0 Å². The molecule has 2 aromatic rings. The average molecular weight is 325 g/mol. The number of ether oxygens (including phenoxy) is 2. The van der Waals surface area contributed by atoms with Crippen LogP contribution in [-0.2, 0) is 11.3 Å². The van der Waals surface area contributed by atoms with Crippen LogP contribution in [0.2, 0.25) is 0 Å². The van der Waals surface area contributed by atoms with E-state index in [1.54, 1.807) is 24.3 Å². The number of esters is 1. The van der Waals surface area contributed by atoms with Gasteiger partial charge in [0.15, 0.2) is 0 Å². The van der Waals surface area contributed by atoms with E-state index >= 15 is 0 Å². The van der Waals surface area contributed by atoms with Crippen LogP contribution in [0.25, 0.3) is 0 Å². The highest BCUT2D eigenvalue weighted by molar-refractivity contribution is 5.91. The summed E-state index contributed by atoms with van der Waals surface area (Å²) in [5, 5.41) is 3.03. The first kappa shape index (κ1) is 16.7. The van der Waals surface area contributed by atoms with Crippen molar-refractivity contribution in [3.63, 3.8) is 0 Å². The van der Waals surface area contributed by atoms with Gasteiger partial charge in [0.1, 0.15) is 5.75 Å². The van der Waals surface area contributed by atoms with Crippen LogP contribution in [0.3, 0.4) is 0 Å². The Balaban J connectivity index is 2.03. The molecule has 122 valence electrons. The van der Waals surface area contributed by atoms with E-state index in [-0.39, 0.29) is 5.75 Å². The summed E-state index contributed by atoms with van der Waals surface area (Å²) < 4.78 is 44.7. The van der Waals surface area contributed by atoms with Crippen molar-refractivity contribution in [3.8, 4) is 5.75 Å². The fourth-order valence-electron chi connectivity index (χ4n) is 1.96. The average Bonchev–Trinajstić information content (AvgIpc) is 2.52. The largest absolute Gasteiger partial charge is 0.573 e. The van der Waals surface area contributed by atoms with E-state index in [1.807, 2.05) is 0 Å². The summed E-state index contributed by atoms with van der Waals surface area (Å²) in [7, 11) is 1.30. The van der Waals surface area contributed by atoms with Gasteiger partial charge in [-0.3, -0.25) is 0 Å². The van der Waals surface area contributed by atoms with Crippen molar-refractivity contribution in [2.75, 3.05) is 12.4 Å². The van der Waals surface area contributed by atoms with Crippen LogP contribution >= 0.6 is 0 Å². The van der Waals surface area contributed by atoms with Crippen molar-refractivity contribution >= 4 is 11.7 Å². The Kier molecular flexibility index (Phi) is 5.10. The molecule has 23 heavy (non-hydrogen) atoms. The number of alkyl halides is 3. The summed E-state index contributed by atoms with van der Waals surface area (Å²) in [6.07, 6.45) is -4.71. The number of benzene rings is 2. The summed E-state index contributed by atoms with van der Waals surface area (Å²) in [6.45, 7) is 0.324. The summed E-state index contributed by atoms with van der Waals surface area (Å²) in [5.74, 6) is -0.741. The molecule has 0 saturated carbocycles. The van der Waals surface area contributed by atoms with E-state index in [2.05, 4.69) is 10.1 Å².